The Morgan fingerprint density at radius 2 is 1.69 bits per heavy atom. The van der Waals surface area contributed by atoms with Gasteiger partial charge in [-0.3, -0.25) is 14.5 Å². The first-order valence-corrected chi connectivity index (χ1v) is 20.0. The number of esters is 1. The number of rotatable bonds is 11. The van der Waals surface area contributed by atoms with Gasteiger partial charge in [0.2, 0.25) is 0 Å². The zero-order valence-corrected chi connectivity index (χ0v) is 34.0. The summed E-state index contributed by atoms with van der Waals surface area (Å²) < 4.78 is 25.4. The van der Waals surface area contributed by atoms with Crippen molar-refractivity contribution in [3.05, 3.63) is 35.9 Å². The fourth-order valence-electron chi connectivity index (χ4n) is 9.02. The third-order valence-corrected chi connectivity index (χ3v) is 12.2. The maximum Gasteiger partial charge on any atom is 0.319 e. The molecule has 3 fully saturated rings. The number of hydrogen-bond donors (Lipinski definition) is 1. The number of likely N-dealkylation sites (tertiary alicyclic amines) is 1. The molecule has 0 bridgehead atoms. The fraction of sp³-hybridized carbons (Fsp3) is 0.810. The first-order valence-electron chi connectivity index (χ1n) is 20.0. The quantitative estimate of drug-likeness (QED) is 0.234. The van der Waals surface area contributed by atoms with Crippen LogP contribution in [-0.4, -0.2) is 134 Å². The molecule has 0 spiro atoms. The Balaban J connectivity index is 1.56. The monoisotopic (exact) mass is 730 g/mol. The summed E-state index contributed by atoms with van der Waals surface area (Å²) in [6.45, 7) is 18.7. The van der Waals surface area contributed by atoms with Gasteiger partial charge < -0.3 is 33.9 Å². The predicted molar refractivity (Wildman–Crippen MR) is 205 cm³/mol. The zero-order chi connectivity index (χ0) is 38.2. The zero-order valence-electron chi connectivity index (χ0n) is 34.0. The number of Topliss-reactive ketones (excluding diaryl/α,β-unsaturated/α-hetero) is 1. The molecule has 4 rings (SSSR count). The third-order valence-electron chi connectivity index (χ3n) is 12.2. The van der Waals surface area contributed by atoms with Crippen molar-refractivity contribution in [2.75, 3.05) is 60.5 Å². The number of benzene rings is 1. The van der Waals surface area contributed by atoms with Gasteiger partial charge in [0, 0.05) is 38.2 Å². The summed E-state index contributed by atoms with van der Waals surface area (Å²) in [5, 5.41) is 11.4. The topological polar surface area (TPSA) is 101 Å². The lowest BCUT2D eigenvalue weighted by Crippen LogP contribution is -2.59. The number of methoxy groups -OCH3 is 1. The highest BCUT2D eigenvalue weighted by atomic mass is 16.7. The van der Waals surface area contributed by atoms with Crippen molar-refractivity contribution in [1.82, 2.24) is 14.7 Å². The van der Waals surface area contributed by atoms with Crippen molar-refractivity contribution in [3.8, 4) is 0 Å². The SMILES string of the molecule is CCCN1C[C@H](C)C[C@@](C)(OC)[C@H](O[C@@H]2O[C@H](C)C[C@H](N(C)C)[C@H]2O)[C@@H](C)C(=O)C(C)(C)C(=O)OC[C@H]1CC1CCN(CCc2ccccc2)CC1. The van der Waals surface area contributed by atoms with E-state index in [0.717, 1.165) is 64.8 Å². The molecule has 3 heterocycles. The summed E-state index contributed by atoms with van der Waals surface area (Å²) in [6, 6.07) is 10.6. The first kappa shape index (κ1) is 42.8. The Kier molecular flexibility index (Phi) is 15.7. The molecule has 1 aromatic carbocycles. The van der Waals surface area contributed by atoms with Gasteiger partial charge in [0.05, 0.1) is 17.8 Å². The summed E-state index contributed by atoms with van der Waals surface area (Å²) in [5.74, 6) is -0.829. The van der Waals surface area contributed by atoms with Crippen LogP contribution in [0.4, 0.5) is 0 Å². The minimum Gasteiger partial charge on any atom is -0.463 e. The minimum atomic E-state index is -1.41. The molecule has 296 valence electrons. The van der Waals surface area contributed by atoms with Crippen molar-refractivity contribution in [2.24, 2.45) is 23.2 Å². The molecule has 0 radical (unpaired) electrons. The Morgan fingerprint density at radius 3 is 2.31 bits per heavy atom. The number of piperidine rings is 1. The van der Waals surface area contributed by atoms with Crippen LogP contribution in [0.3, 0.4) is 0 Å². The summed E-state index contributed by atoms with van der Waals surface area (Å²) >= 11 is 0. The van der Waals surface area contributed by atoms with Crippen molar-refractivity contribution < 1.29 is 33.6 Å². The van der Waals surface area contributed by atoms with E-state index in [9.17, 15) is 14.7 Å². The predicted octanol–water partition coefficient (Wildman–Crippen LogP) is 5.44. The highest BCUT2D eigenvalue weighted by Gasteiger charge is 2.51. The highest BCUT2D eigenvalue weighted by Crippen LogP contribution is 2.39. The molecule has 0 amide bonds. The number of carbonyl (C=O) groups is 2. The molecule has 1 N–H and O–H groups in total. The van der Waals surface area contributed by atoms with E-state index < -0.39 is 41.4 Å². The van der Waals surface area contributed by atoms with Crippen LogP contribution in [0.2, 0.25) is 0 Å². The largest absolute Gasteiger partial charge is 0.463 e. The smallest absolute Gasteiger partial charge is 0.319 e. The highest BCUT2D eigenvalue weighted by molar-refractivity contribution is 6.04. The molecular weight excluding hydrogens is 658 g/mol. The number of aliphatic hydroxyl groups excluding tert-OH is 1. The van der Waals surface area contributed by atoms with E-state index in [-0.39, 0.29) is 36.5 Å². The van der Waals surface area contributed by atoms with Gasteiger partial charge in [-0.15, -0.1) is 0 Å². The minimum absolute atomic E-state index is 0.0485. The number of hydrogen-bond acceptors (Lipinski definition) is 10. The van der Waals surface area contributed by atoms with Gasteiger partial charge in [-0.1, -0.05) is 51.1 Å². The fourth-order valence-corrected chi connectivity index (χ4v) is 9.02. The average Bonchev–Trinajstić information content (AvgIpc) is 3.12. The van der Waals surface area contributed by atoms with E-state index in [1.165, 1.54) is 5.56 Å². The van der Waals surface area contributed by atoms with Gasteiger partial charge >= 0.3 is 5.97 Å². The normalized spacial score (nSPS) is 35.1. The van der Waals surface area contributed by atoms with Crippen LogP contribution < -0.4 is 0 Å². The molecule has 3 aliphatic heterocycles. The number of nitrogens with zero attached hydrogens (tertiary/aromatic N) is 3. The first-order chi connectivity index (χ1) is 24.6. The molecule has 52 heavy (non-hydrogen) atoms. The standard InChI is InChI=1S/C42H71N3O7/c1-11-20-45-27-29(2)26-42(7,49-10)38(52-39-36(46)35(43(8)9)24-30(3)51-39)31(4)37(47)41(5,6)40(48)50-28-34(45)25-33-18-22-44(23-19-33)21-17-32-15-13-12-14-16-32/h12-16,29-31,33-36,38-39,46H,11,17-28H2,1-10H3/t29-,30-,31+,34-,35+,36-,38-,39+,42-/m1/s1. The lowest BCUT2D eigenvalue weighted by Gasteiger charge is -2.47. The second-order valence-electron chi connectivity index (χ2n) is 17.2. The molecule has 0 aliphatic carbocycles. The Hall–Kier alpha value is -1.92. The van der Waals surface area contributed by atoms with Crippen LogP contribution in [-0.2, 0) is 35.0 Å². The Bertz CT molecular complexity index is 1260. The summed E-state index contributed by atoms with van der Waals surface area (Å²) in [6.07, 6.45) is 3.68. The molecule has 1 aromatic rings. The van der Waals surface area contributed by atoms with Crippen LogP contribution in [0.5, 0.6) is 0 Å². The molecule has 0 unspecified atom stereocenters. The van der Waals surface area contributed by atoms with E-state index >= 15 is 0 Å². The van der Waals surface area contributed by atoms with Crippen molar-refractivity contribution >= 4 is 11.8 Å². The molecule has 3 saturated heterocycles. The van der Waals surface area contributed by atoms with Crippen molar-refractivity contribution in [1.29, 1.82) is 0 Å². The van der Waals surface area contributed by atoms with Crippen molar-refractivity contribution in [2.45, 2.75) is 136 Å². The van der Waals surface area contributed by atoms with Crippen LogP contribution >= 0.6 is 0 Å². The van der Waals surface area contributed by atoms with E-state index in [0.29, 0.717) is 18.8 Å². The summed E-state index contributed by atoms with van der Waals surface area (Å²) in [4.78, 5) is 35.4. The molecule has 3 aliphatic rings. The molecule has 0 aromatic heterocycles. The number of ether oxygens (including phenoxy) is 4. The third kappa shape index (κ3) is 10.9. The molecular formula is C42H71N3O7. The number of cyclic esters (lactones) is 1. The second kappa shape index (κ2) is 19.1. The van der Waals surface area contributed by atoms with Gasteiger partial charge in [0.25, 0.3) is 0 Å². The Morgan fingerprint density at radius 1 is 1.02 bits per heavy atom. The maximum absolute atomic E-state index is 14.4. The molecule has 10 nitrogen and oxygen atoms in total. The van der Waals surface area contributed by atoms with E-state index in [4.69, 9.17) is 18.9 Å². The van der Waals surface area contributed by atoms with Crippen LogP contribution in [0.15, 0.2) is 30.3 Å². The molecule has 9 atom stereocenters. The van der Waals surface area contributed by atoms with Crippen LogP contribution in [0, 0.1) is 23.2 Å². The summed E-state index contributed by atoms with van der Waals surface area (Å²) in [5.41, 5.74) is -0.948. The van der Waals surface area contributed by atoms with E-state index in [1.807, 2.05) is 39.8 Å². The molecule has 0 saturated carbocycles. The van der Waals surface area contributed by atoms with E-state index in [1.54, 1.807) is 21.0 Å². The second-order valence-corrected chi connectivity index (χ2v) is 17.2. The van der Waals surface area contributed by atoms with Crippen LogP contribution in [0.1, 0.15) is 92.6 Å². The summed E-state index contributed by atoms with van der Waals surface area (Å²) in [7, 11) is 5.54. The van der Waals surface area contributed by atoms with Gasteiger partial charge in [-0.2, -0.15) is 0 Å². The van der Waals surface area contributed by atoms with Gasteiger partial charge in [0.15, 0.2) is 12.1 Å². The number of aliphatic hydroxyl groups is 1. The van der Waals surface area contributed by atoms with Gasteiger partial charge in [-0.05, 0) is 124 Å². The lowest BCUT2D eigenvalue weighted by atomic mass is 9.74. The van der Waals surface area contributed by atoms with Gasteiger partial charge in [-0.25, -0.2) is 0 Å². The lowest BCUT2D eigenvalue weighted by molar-refractivity contribution is -0.295. The van der Waals surface area contributed by atoms with Gasteiger partial charge in [0.1, 0.15) is 18.1 Å². The number of likely N-dealkylation sites (N-methyl/N-ethyl adjacent to an activating group) is 1. The molecule has 10 heteroatoms. The average molecular weight is 730 g/mol. The maximum atomic E-state index is 14.4. The number of carbonyl (C=O) groups excluding carboxylic acids is 2. The van der Waals surface area contributed by atoms with Crippen molar-refractivity contribution in [3.63, 3.8) is 0 Å². The van der Waals surface area contributed by atoms with E-state index in [2.05, 4.69) is 54.0 Å². The number of ketones is 1. The van der Waals surface area contributed by atoms with Crippen LogP contribution in [0.25, 0.3) is 0 Å². The Labute approximate surface area is 314 Å².